The van der Waals surface area contributed by atoms with E-state index in [1.54, 1.807) is 36.4 Å². The molecule has 0 heterocycles. The Morgan fingerprint density at radius 2 is 0.938 bits per heavy atom. The molecule has 0 aliphatic carbocycles. The van der Waals surface area contributed by atoms with Crippen molar-refractivity contribution in [1.29, 1.82) is 0 Å². The highest BCUT2D eigenvalue weighted by molar-refractivity contribution is 6.00. The first-order chi connectivity index (χ1) is 15.0. The SMILES string of the molecule is O=C(/C=C(\NCCN/C(=C\C(=O)C(F)(F)F)c1ccccc1)c1ccccc1)C(F)(F)F. The van der Waals surface area contributed by atoms with Crippen molar-refractivity contribution in [1.82, 2.24) is 10.6 Å². The van der Waals surface area contributed by atoms with Crippen LogP contribution in [0.4, 0.5) is 26.3 Å². The maximum atomic E-state index is 12.7. The molecule has 2 N–H and O–H groups in total. The zero-order chi connectivity index (χ0) is 23.8. The van der Waals surface area contributed by atoms with E-state index >= 15 is 0 Å². The van der Waals surface area contributed by atoms with E-state index in [-0.39, 0.29) is 24.5 Å². The third kappa shape index (κ3) is 7.60. The van der Waals surface area contributed by atoms with Crippen molar-refractivity contribution < 1.29 is 35.9 Å². The number of carbonyl (C=O) groups is 2. The molecule has 0 aliphatic rings. The molecule has 10 heteroatoms. The summed E-state index contributed by atoms with van der Waals surface area (Å²) in [4.78, 5) is 22.8. The number of halogens is 6. The lowest BCUT2D eigenvalue weighted by Gasteiger charge is -2.15. The summed E-state index contributed by atoms with van der Waals surface area (Å²) in [6, 6.07) is 15.5. The van der Waals surface area contributed by atoms with Crippen LogP contribution in [0.2, 0.25) is 0 Å². The van der Waals surface area contributed by atoms with Crippen molar-refractivity contribution >= 4 is 23.0 Å². The normalized spacial score (nSPS) is 12.9. The van der Waals surface area contributed by atoms with Gasteiger partial charge in [0, 0.05) is 36.6 Å². The average molecular weight is 456 g/mol. The van der Waals surface area contributed by atoms with Crippen LogP contribution >= 0.6 is 0 Å². The minimum atomic E-state index is -5.05. The van der Waals surface area contributed by atoms with Crippen LogP contribution in [-0.4, -0.2) is 37.0 Å². The summed E-state index contributed by atoms with van der Waals surface area (Å²) in [7, 11) is 0. The third-order valence-corrected chi connectivity index (χ3v) is 4.04. The maximum absolute atomic E-state index is 12.7. The van der Waals surface area contributed by atoms with Gasteiger partial charge in [-0.15, -0.1) is 0 Å². The van der Waals surface area contributed by atoms with Gasteiger partial charge in [0.1, 0.15) is 0 Å². The first-order valence-electron chi connectivity index (χ1n) is 9.23. The van der Waals surface area contributed by atoms with Gasteiger partial charge in [-0.25, -0.2) is 0 Å². The molecule has 0 bridgehead atoms. The van der Waals surface area contributed by atoms with Crippen LogP contribution in [0, 0.1) is 0 Å². The number of nitrogens with one attached hydrogen (secondary N) is 2. The van der Waals surface area contributed by atoms with Crippen LogP contribution in [0.5, 0.6) is 0 Å². The molecule has 0 aliphatic heterocycles. The van der Waals surface area contributed by atoms with E-state index in [0.29, 0.717) is 23.3 Å². The quantitative estimate of drug-likeness (QED) is 0.331. The van der Waals surface area contributed by atoms with Crippen molar-refractivity contribution in [2.75, 3.05) is 13.1 Å². The van der Waals surface area contributed by atoms with Crippen LogP contribution in [-0.2, 0) is 9.59 Å². The highest BCUT2D eigenvalue weighted by Gasteiger charge is 2.37. The Kier molecular flexibility index (Phi) is 8.22. The van der Waals surface area contributed by atoms with Crippen molar-refractivity contribution in [2.45, 2.75) is 12.4 Å². The molecule has 0 spiro atoms. The maximum Gasteiger partial charge on any atom is 0.454 e. The van der Waals surface area contributed by atoms with Crippen molar-refractivity contribution in [2.24, 2.45) is 0 Å². The predicted molar refractivity (Wildman–Crippen MR) is 107 cm³/mol. The van der Waals surface area contributed by atoms with Crippen LogP contribution < -0.4 is 10.6 Å². The van der Waals surface area contributed by atoms with Crippen LogP contribution in [0.1, 0.15) is 11.1 Å². The third-order valence-electron chi connectivity index (χ3n) is 4.04. The Morgan fingerprint density at radius 1 is 0.625 bits per heavy atom. The molecule has 0 unspecified atom stereocenters. The molecule has 0 aromatic heterocycles. The van der Waals surface area contributed by atoms with Crippen molar-refractivity contribution in [3.8, 4) is 0 Å². The van der Waals surface area contributed by atoms with Gasteiger partial charge in [0.05, 0.1) is 0 Å². The average Bonchev–Trinajstić information content (AvgIpc) is 2.74. The number of hydrogen-bond donors (Lipinski definition) is 2. The van der Waals surface area contributed by atoms with Gasteiger partial charge in [0.2, 0.25) is 0 Å². The van der Waals surface area contributed by atoms with Gasteiger partial charge in [-0.2, -0.15) is 26.3 Å². The van der Waals surface area contributed by atoms with E-state index in [9.17, 15) is 35.9 Å². The molecule has 0 atom stereocenters. The standard InChI is InChI=1S/C22H18F6N2O2/c23-21(24,25)19(31)13-17(15-7-3-1-4-8-15)29-11-12-30-18(14-20(32)22(26,27)28)16-9-5-2-6-10-16/h1-10,13-14,29-30H,11-12H2/b17-13-,18-14-. The Balaban J connectivity index is 2.15. The molecular formula is C22H18F6N2O2. The summed E-state index contributed by atoms with van der Waals surface area (Å²) in [5.74, 6) is -4.12. The van der Waals surface area contributed by atoms with E-state index in [2.05, 4.69) is 10.6 Å². The topological polar surface area (TPSA) is 58.2 Å². The van der Waals surface area contributed by atoms with Gasteiger partial charge >= 0.3 is 12.4 Å². The van der Waals surface area contributed by atoms with Crippen LogP contribution in [0.25, 0.3) is 11.4 Å². The van der Waals surface area contributed by atoms with Gasteiger partial charge in [0.25, 0.3) is 11.6 Å². The lowest BCUT2D eigenvalue weighted by Crippen LogP contribution is -2.28. The van der Waals surface area contributed by atoms with Gasteiger partial charge in [-0.3, -0.25) is 9.59 Å². The van der Waals surface area contributed by atoms with Gasteiger partial charge in [0.15, 0.2) is 0 Å². The number of benzene rings is 2. The Labute approximate surface area is 179 Å². The molecule has 170 valence electrons. The number of ketones is 2. The second kappa shape index (κ2) is 10.7. The zero-order valence-corrected chi connectivity index (χ0v) is 16.4. The predicted octanol–water partition coefficient (Wildman–Crippen LogP) is 4.51. The fraction of sp³-hybridized carbons (Fsp3) is 0.182. The zero-order valence-electron chi connectivity index (χ0n) is 16.4. The fourth-order valence-corrected chi connectivity index (χ4v) is 2.53. The molecule has 0 radical (unpaired) electrons. The van der Waals surface area contributed by atoms with Gasteiger partial charge in [-0.1, -0.05) is 60.7 Å². The Morgan fingerprint density at radius 3 is 1.22 bits per heavy atom. The van der Waals surface area contributed by atoms with Crippen molar-refractivity contribution in [3.05, 3.63) is 83.9 Å². The number of hydrogen-bond acceptors (Lipinski definition) is 4. The van der Waals surface area contributed by atoms with E-state index in [0.717, 1.165) is 0 Å². The monoisotopic (exact) mass is 456 g/mol. The molecule has 0 saturated carbocycles. The summed E-state index contributed by atoms with van der Waals surface area (Å²) in [6.45, 7) is -0.119. The highest BCUT2D eigenvalue weighted by atomic mass is 19.4. The summed E-state index contributed by atoms with van der Waals surface area (Å²) in [6.07, 6.45) is -9.28. The first kappa shape index (κ1) is 24.7. The van der Waals surface area contributed by atoms with Crippen LogP contribution in [0.3, 0.4) is 0 Å². The van der Waals surface area contributed by atoms with E-state index in [1.165, 1.54) is 24.3 Å². The van der Waals surface area contributed by atoms with Crippen molar-refractivity contribution in [3.63, 3.8) is 0 Å². The molecule has 0 amide bonds. The van der Waals surface area contributed by atoms with Gasteiger partial charge < -0.3 is 10.6 Å². The minimum absolute atomic E-state index is 0.0593. The molecule has 0 fully saturated rings. The highest BCUT2D eigenvalue weighted by Crippen LogP contribution is 2.21. The number of rotatable bonds is 9. The molecular weight excluding hydrogens is 438 g/mol. The fourth-order valence-electron chi connectivity index (χ4n) is 2.53. The first-order valence-corrected chi connectivity index (χ1v) is 9.23. The molecule has 2 rings (SSSR count). The lowest BCUT2D eigenvalue weighted by molar-refractivity contribution is -0.165. The molecule has 0 saturated heterocycles. The Bertz CT molecular complexity index is 899. The Hall–Kier alpha value is -3.56. The van der Waals surface area contributed by atoms with E-state index in [4.69, 9.17) is 0 Å². The second-order valence-corrected chi connectivity index (χ2v) is 6.43. The lowest BCUT2D eigenvalue weighted by atomic mass is 10.1. The second-order valence-electron chi connectivity index (χ2n) is 6.43. The number of alkyl halides is 6. The molecule has 4 nitrogen and oxygen atoms in total. The summed E-state index contributed by atoms with van der Waals surface area (Å²) < 4.78 is 76.0. The number of carbonyl (C=O) groups excluding carboxylic acids is 2. The summed E-state index contributed by atoms with van der Waals surface area (Å²) in [5.41, 5.74) is 0.421. The minimum Gasteiger partial charge on any atom is -0.383 e. The molecule has 2 aromatic carbocycles. The molecule has 2 aromatic rings. The molecule has 32 heavy (non-hydrogen) atoms. The van der Waals surface area contributed by atoms with Crippen LogP contribution in [0.15, 0.2) is 72.8 Å². The van der Waals surface area contributed by atoms with E-state index < -0.39 is 23.9 Å². The van der Waals surface area contributed by atoms with Gasteiger partial charge in [-0.05, 0) is 11.1 Å². The summed E-state index contributed by atoms with van der Waals surface area (Å²) >= 11 is 0. The smallest absolute Gasteiger partial charge is 0.383 e. The summed E-state index contributed by atoms with van der Waals surface area (Å²) in [5, 5.41) is 5.35. The largest absolute Gasteiger partial charge is 0.454 e. The number of allylic oxidation sites excluding steroid dienone is 2. The van der Waals surface area contributed by atoms with E-state index in [1.807, 2.05) is 0 Å².